The van der Waals surface area contributed by atoms with E-state index in [1.165, 1.54) is 13.1 Å². The Morgan fingerprint density at radius 3 is 2.38 bits per heavy atom. The molecule has 1 rings (SSSR count). The maximum atomic E-state index is 10.9. The van der Waals surface area contributed by atoms with Crippen molar-refractivity contribution in [2.24, 2.45) is 0 Å². The molecule has 0 aromatic heterocycles. The maximum absolute atomic E-state index is 10.9. The Bertz CT molecular complexity index is 381. The highest BCUT2D eigenvalue weighted by molar-refractivity contribution is 7.96. The standard InChI is InChI=1S/C9H10NO2S/c1-10-13(11,12)8-7-9-5-3-2-4-6-9/h2-8H,1H3/q-1/b8-7+. The van der Waals surface area contributed by atoms with Crippen LogP contribution >= 0.6 is 0 Å². The van der Waals surface area contributed by atoms with E-state index in [0.29, 0.717) is 0 Å². The van der Waals surface area contributed by atoms with Crippen LogP contribution in [-0.2, 0) is 10.0 Å². The van der Waals surface area contributed by atoms with E-state index in [0.717, 1.165) is 11.0 Å². The summed E-state index contributed by atoms with van der Waals surface area (Å²) in [5, 5.41) is 1.09. The van der Waals surface area contributed by atoms with Gasteiger partial charge in [0.1, 0.15) is 0 Å². The van der Waals surface area contributed by atoms with Crippen LogP contribution in [0.4, 0.5) is 0 Å². The molecule has 0 atom stereocenters. The van der Waals surface area contributed by atoms with E-state index in [2.05, 4.69) is 4.72 Å². The predicted octanol–water partition coefficient (Wildman–Crippen LogP) is 1.99. The summed E-state index contributed by atoms with van der Waals surface area (Å²) in [5.41, 5.74) is 0.842. The summed E-state index contributed by atoms with van der Waals surface area (Å²) in [7, 11) is -2.12. The van der Waals surface area contributed by atoms with Crippen LogP contribution in [0, 0.1) is 0 Å². The summed E-state index contributed by atoms with van der Waals surface area (Å²) >= 11 is 0. The Hall–Kier alpha value is -1.13. The highest BCUT2D eigenvalue weighted by Crippen LogP contribution is 2.05. The Morgan fingerprint density at radius 2 is 1.85 bits per heavy atom. The third kappa shape index (κ3) is 3.40. The first-order chi connectivity index (χ1) is 6.14. The fourth-order valence-corrected chi connectivity index (χ4v) is 1.24. The van der Waals surface area contributed by atoms with Crippen LogP contribution in [0.5, 0.6) is 0 Å². The number of benzene rings is 1. The zero-order valence-electron chi connectivity index (χ0n) is 7.21. The molecule has 0 fully saturated rings. The van der Waals surface area contributed by atoms with E-state index < -0.39 is 10.0 Å². The molecule has 1 aromatic rings. The second kappa shape index (κ2) is 4.20. The number of nitrogens with zero attached hydrogens (tertiary/aromatic N) is 1. The van der Waals surface area contributed by atoms with Crippen LogP contribution in [0.3, 0.4) is 0 Å². The van der Waals surface area contributed by atoms with Crippen molar-refractivity contribution >= 4 is 16.1 Å². The fraction of sp³-hybridized carbons (Fsp3) is 0.111. The van der Waals surface area contributed by atoms with Gasteiger partial charge in [-0.2, -0.15) is 7.05 Å². The van der Waals surface area contributed by atoms with Crippen molar-refractivity contribution in [2.75, 3.05) is 7.05 Å². The van der Waals surface area contributed by atoms with Gasteiger partial charge >= 0.3 is 0 Å². The molecule has 0 aliphatic heterocycles. The lowest BCUT2D eigenvalue weighted by atomic mass is 10.2. The van der Waals surface area contributed by atoms with Crippen molar-refractivity contribution in [1.29, 1.82) is 0 Å². The van der Waals surface area contributed by atoms with E-state index >= 15 is 0 Å². The van der Waals surface area contributed by atoms with E-state index in [-0.39, 0.29) is 0 Å². The third-order valence-corrected chi connectivity index (χ3v) is 2.48. The second-order valence-corrected chi connectivity index (χ2v) is 4.08. The van der Waals surface area contributed by atoms with E-state index in [1.807, 2.05) is 30.3 Å². The molecule has 0 unspecified atom stereocenters. The van der Waals surface area contributed by atoms with Gasteiger partial charge in [-0.05, 0) is 11.6 Å². The van der Waals surface area contributed by atoms with Gasteiger partial charge in [0.25, 0.3) is 0 Å². The van der Waals surface area contributed by atoms with Gasteiger partial charge < -0.3 is 4.72 Å². The molecule has 0 N–H and O–H groups in total. The fourth-order valence-electron chi connectivity index (χ4n) is 0.790. The van der Waals surface area contributed by atoms with Gasteiger partial charge in [0.2, 0.25) is 0 Å². The Morgan fingerprint density at radius 1 is 1.23 bits per heavy atom. The molecule has 3 nitrogen and oxygen atoms in total. The first-order valence-corrected chi connectivity index (χ1v) is 5.23. The molecule has 13 heavy (non-hydrogen) atoms. The minimum absolute atomic E-state index is 0.842. The van der Waals surface area contributed by atoms with E-state index in [1.54, 1.807) is 0 Å². The highest BCUT2D eigenvalue weighted by atomic mass is 32.2. The van der Waals surface area contributed by atoms with Crippen molar-refractivity contribution < 1.29 is 8.42 Å². The van der Waals surface area contributed by atoms with Gasteiger partial charge in [-0.25, -0.2) is 8.42 Å². The monoisotopic (exact) mass is 196 g/mol. The first kappa shape index (κ1) is 9.95. The van der Waals surface area contributed by atoms with Crippen molar-refractivity contribution in [3.63, 3.8) is 0 Å². The lowest BCUT2D eigenvalue weighted by Crippen LogP contribution is -1.88. The lowest BCUT2D eigenvalue weighted by molar-refractivity contribution is 0.611. The van der Waals surface area contributed by atoms with E-state index in [4.69, 9.17) is 0 Å². The van der Waals surface area contributed by atoms with Gasteiger partial charge in [-0.15, -0.1) is 0 Å². The quantitative estimate of drug-likeness (QED) is 0.742. The van der Waals surface area contributed by atoms with Crippen molar-refractivity contribution in [3.8, 4) is 0 Å². The van der Waals surface area contributed by atoms with Crippen LogP contribution in [-0.4, -0.2) is 15.5 Å². The zero-order valence-corrected chi connectivity index (χ0v) is 8.03. The molecule has 0 saturated heterocycles. The summed E-state index contributed by atoms with van der Waals surface area (Å²) in [4.78, 5) is 0. The van der Waals surface area contributed by atoms with Crippen LogP contribution in [0.1, 0.15) is 5.56 Å². The Kier molecular flexibility index (Phi) is 3.22. The smallest absolute Gasteiger partial charge is 0.0938 e. The third-order valence-electron chi connectivity index (χ3n) is 1.49. The van der Waals surface area contributed by atoms with Gasteiger partial charge in [0, 0.05) is 5.41 Å². The van der Waals surface area contributed by atoms with E-state index in [9.17, 15) is 8.42 Å². The van der Waals surface area contributed by atoms with Crippen LogP contribution < -0.4 is 0 Å². The van der Waals surface area contributed by atoms with Gasteiger partial charge in [-0.3, -0.25) is 0 Å². The van der Waals surface area contributed by atoms with Crippen molar-refractivity contribution in [3.05, 3.63) is 46.0 Å². The van der Waals surface area contributed by atoms with Gasteiger partial charge in [0.05, 0.1) is 10.0 Å². The lowest BCUT2D eigenvalue weighted by Gasteiger charge is -2.06. The largest absolute Gasteiger partial charge is 0.548 e. The number of hydrogen-bond acceptors (Lipinski definition) is 2. The maximum Gasteiger partial charge on any atom is 0.0938 e. The SMILES string of the molecule is C[N-]S(=O)(=O)/C=C/c1ccccc1. The Balaban J connectivity index is 2.82. The summed E-state index contributed by atoms with van der Waals surface area (Å²) in [6.07, 6.45) is 1.52. The van der Waals surface area contributed by atoms with Crippen LogP contribution in [0.15, 0.2) is 35.7 Å². The second-order valence-electron chi connectivity index (χ2n) is 2.41. The molecule has 0 heterocycles. The molecule has 0 saturated carbocycles. The highest BCUT2D eigenvalue weighted by Gasteiger charge is 1.88. The molecular formula is C9H10NO2S-. The molecule has 70 valence electrons. The van der Waals surface area contributed by atoms with Crippen molar-refractivity contribution in [2.45, 2.75) is 0 Å². The zero-order chi connectivity index (χ0) is 9.73. The van der Waals surface area contributed by atoms with Gasteiger partial charge in [-0.1, -0.05) is 30.3 Å². The average molecular weight is 196 g/mol. The molecule has 0 amide bonds. The molecular weight excluding hydrogens is 186 g/mol. The van der Waals surface area contributed by atoms with Crippen molar-refractivity contribution in [1.82, 2.24) is 0 Å². The Labute approximate surface area is 78.1 Å². The van der Waals surface area contributed by atoms with Crippen LogP contribution in [0.25, 0.3) is 10.8 Å². The minimum atomic E-state index is -3.37. The summed E-state index contributed by atoms with van der Waals surface area (Å²) in [6.45, 7) is 0. The molecule has 0 aliphatic carbocycles. The first-order valence-electron chi connectivity index (χ1n) is 3.73. The summed E-state index contributed by atoms with van der Waals surface area (Å²) < 4.78 is 25.1. The van der Waals surface area contributed by atoms with Gasteiger partial charge in [0.15, 0.2) is 0 Å². The molecule has 0 spiro atoms. The molecule has 1 aromatic carbocycles. The predicted molar refractivity (Wildman–Crippen MR) is 53.7 cm³/mol. The molecule has 0 radical (unpaired) electrons. The average Bonchev–Trinajstić information content (AvgIpc) is 2.17. The number of hydrogen-bond donors (Lipinski definition) is 0. The summed E-state index contributed by atoms with van der Waals surface area (Å²) in [6, 6.07) is 9.20. The van der Waals surface area contributed by atoms with Crippen LogP contribution in [0.2, 0.25) is 0 Å². The summed E-state index contributed by atoms with van der Waals surface area (Å²) in [5.74, 6) is 0. The topological polar surface area (TPSA) is 48.2 Å². The molecule has 0 aliphatic rings. The minimum Gasteiger partial charge on any atom is -0.548 e. The number of rotatable bonds is 3. The molecule has 0 bridgehead atoms. The molecule has 4 heteroatoms. The number of sulfonamides is 1. The normalized spacial score (nSPS) is 12.1.